The fourth-order valence-corrected chi connectivity index (χ4v) is 4.38. The molecule has 0 aliphatic carbocycles. The summed E-state index contributed by atoms with van der Waals surface area (Å²) in [6.45, 7) is 11.0. The Morgan fingerprint density at radius 1 is 0.742 bits per heavy atom. The molecule has 2 nitrogen and oxygen atoms in total. The van der Waals surface area contributed by atoms with Gasteiger partial charge in [-0.15, -0.1) is 0 Å². The fourth-order valence-electron chi connectivity index (χ4n) is 4.38. The van der Waals surface area contributed by atoms with Gasteiger partial charge in [0.25, 0.3) is 0 Å². The van der Waals surface area contributed by atoms with Crippen LogP contribution in [-0.2, 0) is 5.41 Å². The number of hydrogen-bond donors (Lipinski definition) is 0. The molecule has 31 heavy (non-hydrogen) atoms. The average molecular weight is 406 g/mol. The van der Waals surface area contributed by atoms with Gasteiger partial charge in [0, 0.05) is 22.5 Å². The van der Waals surface area contributed by atoms with Crippen molar-refractivity contribution in [2.24, 2.45) is 0 Å². The Labute approximate surface area is 183 Å². The minimum absolute atomic E-state index is 0.148. The average Bonchev–Trinajstić information content (AvgIpc) is 3.15. The summed E-state index contributed by atoms with van der Waals surface area (Å²) < 4.78 is 6.36. The summed E-state index contributed by atoms with van der Waals surface area (Å²) in [5.41, 5.74) is 10.1. The van der Waals surface area contributed by atoms with Gasteiger partial charge in [-0.25, -0.2) is 0 Å². The summed E-state index contributed by atoms with van der Waals surface area (Å²) >= 11 is 0. The van der Waals surface area contributed by atoms with Gasteiger partial charge in [-0.05, 0) is 71.3 Å². The molecule has 0 radical (unpaired) electrons. The van der Waals surface area contributed by atoms with Crippen LogP contribution >= 0.6 is 0 Å². The standard InChI is InChI=1S/C29H27NO/c1-18-7-6-8-25-26(18)27-19(2)9-14-23(28(27)31-25)24-17-21(15-16-30-24)20-10-12-22(13-11-20)29(3,4)5/h6-17H,1-5H3. The molecule has 154 valence electrons. The van der Waals surface area contributed by atoms with E-state index < -0.39 is 0 Å². The number of hydrogen-bond acceptors (Lipinski definition) is 2. The van der Waals surface area contributed by atoms with Gasteiger partial charge < -0.3 is 4.42 Å². The lowest BCUT2D eigenvalue weighted by molar-refractivity contribution is 0.590. The highest BCUT2D eigenvalue weighted by Gasteiger charge is 2.17. The van der Waals surface area contributed by atoms with Gasteiger partial charge in [0.05, 0.1) is 5.69 Å². The molecular formula is C29H27NO. The second-order valence-corrected chi connectivity index (χ2v) is 9.44. The quantitative estimate of drug-likeness (QED) is 0.296. The lowest BCUT2D eigenvalue weighted by Crippen LogP contribution is -2.10. The molecule has 5 aromatic rings. The highest BCUT2D eigenvalue weighted by Crippen LogP contribution is 2.39. The molecule has 3 aromatic carbocycles. The first-order valence-electron chi connectivity index (χ1n) is 10.8. The predicted molar refractivity (Wildman–Crippen MR) is 131 cm³/mol. The van der Waals surface area contributed by atoms with Crippen molar-refractivity contribution in [1.82, 2.24) is 4.98 Å². The lowest BCUT2D eigenvalue weighted by atomic mass is 9.86. The zero-order valence-corrected chi connectivity index (χ0v) is 18.8. The zero-order valence-electron chi connectivity index (χ0n) is 18.8. The van der Waals surface area contributed by atoms with Gasteiger partial charge in [-0.2, -0.15) is 0 Å². The van der Waals surface area contributed by atoms with E-state index in [1.807, 2.05) is 12.3 Å². The molecule has 0 spiro atoms. The molecule has 0 fully saturated rings. The van der Waals surface area contributed by atoms with E-state index in [1.54, 1.807) is 0 Å². The van der Waals surface area contributed by atoms with Crippen LogP contribution in [0.1, 0.15) is 37.5 Å². The molecule has 0 bridgehead atoms. The SMILES string of the molecule is Cc1cccc2oc3c(-c4cc(-c5ccc(C(C)(C)C)cc5)ccn4)ccc(C)c3c12. The smallest absolute Gasteiger partial charge is 0.145 e. The molecular weight excluding hydrogens is 378 g/mol. The summed E-state index contributed by atoms with van der Waals surface area (Å²) in [6.07, 6.45) is 1.89. The van der Waals surface area contributed by atoms with Crippen molar-refractivity contribution in [1.29, 1.82) is 0 Å². The van der Waals surface area contributed by atoms with Gasteiger partial charge in [0.15, 0.2) is 0 Å². The van der Waals surface area contributed by atoms with Crippen molar-refractivity contribution in [3.8, 4) is 22.4 Å². The molecule has 2 heterocycles. The Morgan fingerprint density at radius 2 is 1.48 bits per heavy atom. The van der Waals surface area contributed by atoms with Crippen molar-refractivity contribution >= 4 is 21.9 Å². The number of fused-ring (bicyclic) bond motifs is 3. The first kappa shape index (κ1) is 19.6. The van der Waals surface area contributed by atoms with Crippen LogP contribution in [0.15, 0.2) is 77.3 Å². The maximum atomic E-state index is 6.36. The molecule has 0 saturated carbocycles. The normalized spacial score (nSPS) is 12.0. The fraction of sp³-hybridized carbons (Fsp3) is 0.207. The number of nitrogens with zero attached hydrogens (tertiary/aromatic N) is 1. The first-order chi connectivity index (χ1) is 14.8. The Balaban J connectivity index is 1.66. The van der Waals surface area contributed by atoms with Crippen LogP contribution in [0.5, 0.6) is 0 Å². The van der Waals surface area contributed by atoms with Crippen LogP contribution < -0.4 is 0 Å². The third kappa shape index (κ3) is 3.33. The second kappa shape index (κ2) is 7.09. The molecule has 0 aliphatic rings. The van der Waals surface area contributed by atoms with Crippen LogP contribution in [0.2, 0.25) is 0 Å². The first-order valence-corrected chi connectivity index (χ1v) is 10.8. The molecule has 0 atom stereocenters. The van der Waals surface area contributed by atoms with Crippen molar-refractivity contribution in [2.45, 2.75) is 40.0 Å². The third-order valence-electron chi connectivity index (χ3n) is 6.18. The second-order valence-electron chi connectivity index (χ2n) is 9.44. The largest absolute Gasteiger partial charge is 0.455 e. The van der Waals surface area contributed by atoms with Crippen LogP contribution in [0, 0.1) is 13.8 Å². The number of aryl methyl sites for hydroxylation is 2. The summed E-state index contributed by atoms with van der Waals surface area (Å²) in [5.74, 6) is 0. The van der Waals surface area contributed by atoms with E-state index >= 15 is 0 Å². The summed E-state index contributed by atoms with van der Waals surface area (Å²) in [4.78, 5) is 4.70. The van der Waals surface area contributed by atoms with E-state index in [0.717, 1.165) is 28.0 Å². The molecule has 0 unspecified atom stereocenters. The molecule has 0 N–H and O–H groups in total. The van der Waals surface area contributed by atoms with Crippen molar-refractivity contribution < 1.29 is 4.42 Å². The number of aromatic nitrogens is 1. The molecule has 2 heteroatoms. The molecule has 0 aliphatic heterocycles. The van der Waals surface area contributed by atoms with E-state index in [1.165, 1.54) is 33.0 Å². The Bertz CT molecular complexity index is 1420. The Morgan fingerprint density at radius 3 is 2.23 bits per heavy atom. The maximum absolute atomic E-state index is 6.36. The van der Waals surface area contributed by atoms with Crippen LogP contribution in [0.3, 0.4) is 0 Å². The van der Waals surface area contributed by atoms with Crippen molar-refractivity contribution in [2.75, 3.05) is 0 Å². The Hall–Kier alpha value is -3.39. The topological polar surface area (TPSA) is 26.0 Å². The molecule has 0 saturated heterocycles. The number of furan rings is 1. The lowest BCUT2D eigenvalue weighted by Gasteiger charge is -2.19. The highest BCUT2D eigenvalue weighted by atomic mass is 16.3. The number of benzene rings is 3. The summed E-state index contributed by atoms with van der Waals surface area (Å²) in [6, 6.07) is 23.6. The van der Waals surface area contributed by atoms with Gasteiger partial charge in [0.1, 0.15) is 11.2 Å². The third-order valence-corrected chi connectivity index (χ3v) is 6.18. The van der Waals surface area contributed by atoms with Gasteiger partial charge in [0.2, 0.25) is 0 Å². The minimum atomic E-state index is 0.148. The summed E-state index contributed by atoms with van der Waals surface area (Å²) in [7, 11) is 0. The number of pyridine rings is 1. The van der Waals surface area contributed by atoms with Crippen LogP contribution in [0.4, 0.5) is 0 Å². The van der Waals surface area contributed by atoms with Gasteiger partial charge >= 0.3 is 0 Å². The van der Waals surface area contributed by atoms with E-state index in [9.17, 15) is 0 Å². The Kier molecular flexibility index (Phi) is 4.48. The number of rotatable bonds is 2. The summed E-state index contributed by atoms with van der Waals surface area (Å²) in [5, 5.41) is 2.39. The molecule has 0 amide bonds. The van der Waals surface area contributed by atoms with Crippen LogP contribution in [0.25, 0.3) is 44.3 Å². The van der Waals surface area contributed by atoms with Crippen molar-refractivity contribution in [3.05, 3.63) is 89.6 Å². The highest BCUT2D eigenvalue weighted by molar-refractivity contribution is 6.12. The van der Waals surface area contributed by atoms with Gasteiger partial charge in [-0.3, -0.25) is 4.98 Å². The van der Waals surface area contributed by atoms with E-state index in [0.29, 0.717) is 0 Å². The predicted octanol–water partition coefficient (Wildman–Crippen LogP) is 8.23. The maximum Gasteiger partial charge on any atom is 0.145 e. The minimum Gasteiger partial charge on any atom is -0.455 e. The zero-order chi connectivity index (χ0) is 21.8. The van der Waals surface area contributed by atoms with E-state index in [-0.39, 0.29) is 5.41 Å². The van der Waals surface area contributed by atoms with Crippen molar-refractivity contribution in [3.63, 3.8) is 0 Å². The monoisotopic (exact) mass is 405 g/mol. The van der Waals surface area contributed by atoms with E-state index in [4.69, 9.17) is 9.40 Å². The molecule has 2 aromatic heterocycles. The van der Waals surface area contributed by atoms with Crippen LogP contribution in [-0.4, -0.2) is 4.98 Å². The van der Waals surface area contributed by atoms with E-state index in [2.05, 4.69) is 95.3 Å². The molecule has 5 rings (SSSR count). The van der Waals surface area contributed by atoms with Gasteiger partial charge in [-0.1, -0.05) is 63.2 Å².